The first-order valence-electron chi connectivity index (χ1n) is 4.62. The van der Waals surface area contributed by atoms with Crippen LogP contribution in [0.3, 0.4) is 0 Å². The zero-order valence-corrected chi connectivity index (χ0v) is 9.20. The van der Waals surface area contributed by atoms with Crippen molar-refractivity contribution in [2.45, 2.75) is 6.17 Å². The molecule has 0 aliphatic rings. The third kappa shape index (κ3) is 2.59. The molecule has 5 nitrogen and oxygen atoms in total. The number of hydrogen-bond donors (Lipinski definition) is 3. The number of ether oxygens (including phenoxy) is 2. The van der Waals surface area contributed by atoms with E-state index in [4.69, 9.17) is 15.3 Å². The van der Waals surface area contributed by atoms with Crippen LogP contribution in [0, 0.1) is 0 Å². The lowest BCUT2D eigenvalue weighted by Gasteiger charge is -2.17. The van der Waals surface area contributed by atoms with Crippen molar-refractivity contribution in [2.75, 3.05) is 21.3 Å². The minimum atomic E-state index is -0.107. The van der Waals surface area contributed by atoms with Crippen LogP contribution in [0.25, 0.3) is 0 Å². The van der Waals surface area contributed by atoms with Crippen molar-refractivity contribution in [3.8, 4) is 11.5 Å². The van der Waals surface area contributed by atoms with E-state index in [0.717, 1.165) is 5.56 Å². The molecule has 0 amide bonds. The molecule has 5 heteroatoms. The monoisotopic (exact) mass is 211 g/mol. The molecule has 0 aliphatic carbocycles. The van der Waals surface area contributed by atoms with E-state index >= 15 is 0 Å². The van der Waals surface area contributed by atoms with Crippen LogP contribution in [-0.4, -0.2) is 21.3 Å². The summed E-state index contributed by atoms with van der Waals surface area (Å²) < 4.78 is 10.3. The predicted octanol–water partition coefficient (Wildman–Crippen LogP) is 0.385. The molecule has 84 valence electrons. The highest BCUT2D eigenvalue weighted by atomic mass is 16.5. The molecular formula is C10H17N3O2. The average molecular weight is 211 g/mol. The number of rotatable bonds is 5. The van der Waals surface area contributed by atoms with E-state index < -0.39 is 0 Å². The van der Waals surface area contributed by atoms with E-state index in [9.17, 15) is 0 Å². The van der Waals surface area contributed by atoms with Gasteiger partial charge in [0.1, 0.15) is 0 Å². The van der Waals surface area contributed by atoms with E-state index in [0.29, 0.717) is 11.5 Å². The fraction of sp³-hybridized carbons (Fsp3) is 0.400. The summed E-state index contributed by atoms with van der Waals surface area (Å²) in [7, 11) is 5.03. The molecule has 1 rings (SSSR count). The van der Waals surface area contributed by atoms with Gasteiger partial charge in [-0.25, -0.2) is 5.43 Å². The summed E-state index contributed by atoms with van der Waals surface area (Å²) in [5.74, 6) is 6.78. The zero-order valence-electron chi connectivity index (χ0n) is 9.20. The summed E-state index contributed by atoms with van der Waals surface area (Å²) >= 11 is 0. The van der Waals surface area contributed by atoms with Crippen molar-refractivity contribution in [1.82, 2.24) is 10.7 Å². The lowest BCUT2D eigenvalue weighted by Crippen LogP contribution is -2.36. The Bertz CT molecular complexity index is 314. The lowest BCUT2D eigenvalue weighted by molar-refractivity contribution is 0.353. The highest BCUT2D eigenvalue weighted by Gasteiger charge is 2.10. The molecule has 1 atom stereocenters. The summed E-state index contributed by atoms with van der Waals surface area (Å²) in [5, 5.41) is 3.02. The van der Waals surface area contributed by atoms with Crippen LogP contribution in [0.1, 0.15) is 11.7 Å². The van der Waals surface area contributed by atoms with Gasteiger partial charge in [0.2, 0.25) is 0 Å². The summed E-state index contributed by atoms with van der Waals surface area (Å²) in [6.45, 7) is 0. The Morgan fingerprint density at radius 1 is 1.20 bits per heavy atom. The van der Waals surface area contributed by atoms with Crippen LogP contribution in [0.15, 0.2) is 18.2 Å². The van der Waals surface area contributed by atoms with Gasteiger partial charge in [-0.15, -0.1) is 0 Å². The molecule has 15 heavy (non-hydrogen) atoms. The highest BCUT2D eigenvalue weighted by Crippen LogP contribution is 2.29. The molecule has 0 bridgehead atoms. The van der Waals surface area contributed by atoms with Gasteiger partial charge < -0.3 is 14.8 Å². The first-order chi connectivity index (χ1) is 7.26. The average Bonchev–Trinajstić information content (AvgIpc) is 2.30. The standard InChI is InChI=1S/C10H17N3O2/c1-12-10(13-11)7-4-5-8(14-2)9(6-7)15-3/h4-6,10,12-13H,11H2,1-3H3. The van der Waals surface area contributed by atoms with Gasteiger partial charge in [0.05, 0.1) is 20.4 Å². The van der Waals surface area contributed by atoms with Crippen LogP contribution in [0.2, 0.25) is 0 Å². The summed E-state index contributed by atoms with van der Waals surface area (Å²) in [6.07, 6.45) is -0.107. The van der Waals surface area contributed by atoms with Gasteiger partial charge in [0.25, 0.3) is 0 Å². The normalized spacial score (nSPS) is 12.3. The predicted molar refractivity (Wildman–Crippen MR) is 58.7 cm³/mol. The number of nitrogens with one attached hydrogen (secondary N) is 2. The minimum Gasteiger partial charge on any atom is -0.493 e. The molecule has 0 radical (unpaired) electrons. The molecular weight excluding hydrogens is 194 g/mol. The molecule has 0 spiro atoms. The minimum absolute atomic E-state index is 0.107. The largest absolute Gasteiger partial charge is 0.493 e. The van der Waals surface area contributed by atoms with Gasteiger partial charge in [0.15, 0.2) is 11.5 Å². The van der Waals surface area contributed by atoms with Crippen LogP contribution in [0.5, 0.6) is 11.5 Å². The first-order valence-corrected chi connectivity index (χ1v) is 4.62. The van der Waals surface area contributed by atoms with Gasteiger partial charge in [-0.1, -0.05) is 6.07 Å². The molecule has 1 unspecified atom stereocenters. The lowest BCUT2D eigenvalue weighted by atomic mass is 10.1. The van der Waals surface area contributed by atoms with Crippen molar-refractivity contribution in [2.24, 2.45) is 5.84 Å². The molecule has 0 aromatic heterocycles. The molecule has 0 aliphatic heterocycles. The fourth-order valence-electron chi connectivity index (χ4n) is 1.38. The summed E-state index contributed by atoms with van der Waals surface area (Å²) in [5.41, 5.74) is 3.63. The maximum absolute atomic E-state index is 5.39. The number of nitrogens with two attached hydrogens (primary N) is 1. The van der Waals surface area contributed by atoms with Crippen LogP contribution in [0.4, 0.5) is 0 Å². The Morgan fingerprint density at radius 2 is 1.87 bits per heavy atom. The molecule has 0 saturated heterocycles. The smallest absolute Gasteiger partial charge is 0.161 e. The van der Waals surface area contributed by atoms with Crippen molar-refractivity contribution >= 4 is 0 Å². The fourth-order valence-corrected chi connectivity index (χ4v) is 1.38. The molecule has 0 fully saturated rings. The molecule has 1 aromatic rings. The third-order valence-electron chi connectivity index (χ3n) is 2.20. The van der Waals surface area contributed by atoms with Gasteiger partial charge in [-0.3, -0.25) is 5.84 Å². The van der Waals surface area contributed by atoms with Gasteiger partial charge >= 0.3 is 0 Å². The highest BCUT2D eigenvalue weighted by molar-refractivity contribution is 5.43. The van der Waals surface area contributed by atoms with E-state index in [1.165, 1.54) is 0 Å². The Morgan fingerprint density at radius 3 is 2.33 bits per heavy atom. The van der Waals surface area contributed by atoms with Crippen molar-refractivity contribution < 1.29 is 9.47 Å². The summed E-state index contributed by atoms with van der Waals surface area (Å²) in [6, 6.07) is 5.64. The molecule has 4 N–H and O–H groups in total. The second-order valence-electron chi connectivity index (χ2n) is 3.00. The Hall–Kier alpha value is -1.30. The molecule has 0 heterocycles. The SMILES string of the molecule is CNC(NN)c1ccc(OC)c(OC)c1. The zero-order chi connectivity index (χ0) is 11.3. The van der Waals surface area contributed by atoms with E-state index in [1.807, 2.05) is 25.2 Å². The summed E-state index contributed by atoms with van der Waals surface area (Å²) in [4.78, 5) is 0. The molecule has 1 aromatic carbocycles. The topological polar surface area (TPSA) is 68.5 Å². The van der Waals surface area contributed by atoms with Crippen molar-refractivity contribution in [3.05, 3.63) is 23.8 Å². The molecule has 0 saturated carbocycles. The second-order valence-corrected chi connectivity index (χ2v) is 3.00. The Balaban J connectivity index is 3.01. The van der Waals surface area contributed by atoms with Crippen LogP contribution >= 0.6 is 0 Å². The Kier molecular flexibility index (Phi) is 4.36. The van der Waals surface area contributed by atoms with Gasteiger partial charge in [0, 0.05) is 0 Å². The number of methoxy groups -OCH3 is 2. The quantitative estimate of drug-likeness (QED) is 0.373. The van der Waals surface area contributed by atoms with Crippen LogP contribution < -0.4 is 26.1 Å². The number of hydrazine groups is 1. The van der Waals surface area contributed by atoms with Crippen molar-refractivity contribution in [1.29, 1.82) is 0 Å². The second kappa shape index (κ2) is 5.55. The maximum Gasteiger partial charge on any atom is 0.161 e. The maximum atomic E-state index is 5.39. The van der Waals surface area contributed by atoms with Crippen molar-refractivity contribution in [3.63, 3.8) is 0 Å². The van der Waals surface area contributed by atoms with Gasteiger partial charge in [-0.05, 0) is 24.7 Å². The first kappa shape index (κ1) is 11.8. The Labute approximate surface area is 89.5 Å². The van der Waals surface area contributed by atoms with E-state index in [-0.39, 0.29) is 6.17 Å². The number of benzene rings is 1. The number of hydrogen-bond acceptors (Lipinski definition) is 5. The van der Waals surface area contributed by atoms with E-state index in [2.05, 4.69) is 10.7 Å². The third-order valence-corrected chi connectivity index (χ3v) is 2.20. The van der Waals surface area contributed by atoms with Crippen LogP contribution in [-0.2, 0) is 0 Å². The van der Waals surface area contributed by atoms with E-state index in [1.54, 1.807) is 14.2 Å². The van der Waals surface area contributed by atoms with Gasteiger partial charge in [-0.2, -0.15) is 0 Å².